The Morgan fingerprint density at radius 1 is 1.41 bits per heavy atom. The van der Waals surface area contributed by atoms with E-state index >= 15 is 0 Å². The van der Waals surface area contributed by atoms with E-state index < -0.39 is 0 Å². The molecular formula is C14H20FNO. The summed E-state index contributed by atoms with van der Waals surface area (Å²) in [5, 5.41) is 3.18. The van der Waals surface area contributed by atoms with Crippen LogP contribution in [0.4, 0.5) is 4.39 Å². The minimum atomic E-state index is -0.155. The van der Waals surface area contributed by atoms with E-state index in [1.165, 1.54) is 6.07 Å². The second-order valence-electron chi connectivity index (χ2n) is 4.85. The smallest absolute Gasteiger partial charge is 0.128 e. The zero-order valence-corrected chi connectivity index (χ0v) is 10.7. The first-order chi connectivity index (χ1) is 8.11. The van der Waals surface area contributed by atoms with Crippen molar-refractivity contribution < 1.29 is 9.13 Å². The normalized spacial score (nSPS) is 26.1. The molecule has 0 aromatic heterocycles. The molecule has 1 aromatic rings. The Balaban J connectivity index is 2.25. The number of aryl methyl sites for hydroxylation is 1. The molecule has 0 amide bonds. The fourth-order valence-corrected chi connectivity index (χ4v) is 2.52. The predicted molar refractivity (Wildman–Crippen MR) is 66.5 cm³/mol. The van der Waals surface area contributed by atoms with Gasteiger partial charge in [-0.15, -0.1) is 0 Å². The zero-order valence-electron chi connectivity index (χ0n) is 10.7. The molecule has 2 rings (SSSR count). The van der Waals surface area contributed by atoms with Crippen LogP contribution in [-0.2, 0) is 4.74 Å². The van der Waals surface area contributed by atoms with Crippen LogP contribution in [0.2, 0.25) is 0 Å². The molecule has 1 fully saturated rings. The summed E-state index contributed by atoms with van der Waals surface area (Å²) in [4.78, 5) is 0. The van der Waals surface area contributed by atoms with E-state index in [9.17, 15) is 4.39 Å². The fourth-order valence-electron chi connectivity index (χ4n) is 2.52. The summed E-state index contributed by atoms with van der Waals surface area (Å²) in [5.74, 6) is -0.155. The molecule has 0 bridgehead atoms. The van der Waals surface area contributed by atoms with Crippen molar-refractivity contribution in [1.82, 2.24) is 5.32 Å². The largest absolute Gasteiger partial charge is 0.373 e. The molecule has 3 unspecified atom stereocenters. The number of benzene rings is 1. The SMILES string of the molecule is CNC(c1cc(C)ccc1F)C1CCC(C)O1. The van der Waals surface area contributed by atoms with E-state index in [1.54, 1.807) is 6.07 Å². The van der Waals surface area contributed by atoms with Crippen LogP contribution in [0.1, 0.15) is 36.9 Å². The van der Waals surface area contributed by atoms with E-state index in [0.29, 0.717) is 5.56 Å². The molecule has 1 aliphatic heterocycles. The highest BCUT2D eigenvalue weighted by molar-refractivity contribution is 5.27. The maximum atomic E-state index is 13.9. The predicted octanol–water partition coefficient (Wildman–Crippen LogP) is 2.96. The van der Waals surface area contributed by atoms with Gasteiger partial charge in [0.25, 0.3) is 0 Å². The molecule has 0 aliphatic carbocycles. The van der Waals surface area contributed by atoms with Crippen molar-refractivity contribution in [2.75, 3.05) is 7.05 Å². The molecule has 3 atom stereocenters. The number of nitrogens with one attached hydrogen (secondary N) is 1. The van der Waals surface area contributed by atoms with Crippen molar-refractivity contribution in [3.05, 3.63) is 35.1 Å². The Kier molecular flexibility index (Phi) is 3.79. The molecule has 0 spiro atoms. The summed E-state index contributed by atoms with van der Waals surface area (Å²) in [6, 6.07) is 5.18. The lowest BCUT2D eigenvalue weighted by atomic mass is 9.97. The van der Waals surface area contributed by atoms with Crippen molar-refractivity contribution >= 4 is 0 Å². The maximum Gasteiger partial charge on any atom is 0.128 e. The molecular weight excluding hydrogens is 217 g/mol. The lowest BCUT2D eigenvalue weighted by Crippen LogP contribution is -2.30. The first-order valence-electron chi connectivity index (χ1n) is 6.20. The molecule has 17 heavy (non-hydrogen) atoms. The van der Waals surface area contributed by atoms with Crippen molar-refractivity contribution in [3.63, 3.8) is 0 Å². The average Bonchev–Trinajstić information content (AvgIpc) is 2.71. The van der Waals surface area contributed by atoms with E-state index in [-0.39, 0.29) is 24.1 Å². The number of hydrogen-bond donors (Lipinski definition) is 1. The van der Waals surface area contributed by atoms with Crippen molar-refractivity contribution in [1.29, 1.82) is 0 Å². The van der Waals surface area contributed by atoms with E-state index in [1.807, 2.05) is 20.0 Å². The molecule has 1 N–H and O–H groups in total. The van der Waals surface area contributed by atoms with Crippen LogP contribution in [0.15, 0.2) is 18.2 Å². The third kappa shape index (κ3) is 2.67. The van der Waals surface area contributed by atoms with Gasteiger partial charge in [-0.2, -0.15) is 0 Å². The molecule has 1 heterocycles. The molecule has 0 saturated carbocycles. The summed E-state index contributed by atoms with van der Waals surface area (Å²) < 4.78 is 19.7. The van der Waals surface area contributed by atoms with Gasteiger partial charge in [0.05, 0.1) is 18.2 Å². The minimum Gasteiger partial charge on any atom is -0.373 e. The Morgan fingerprint density at radius 3 is 2.76 bits per heavy atom. The molecule has 0 radical (unpaired) electrons. The fraction of sp³-hybridized carbons (Fsp3) is 0.571. The van der Waals surface area contributed by atoms with Crippen LogP contribution < -0.4 is 5.32 Å². The second kappa shape index (κ2) is 5.15. The van der Waals surface area contributed by atoms with Gasteiger partial charge in [-0.25, -0.2) is 4.39 Å². The van der Waals surface area contributed by atoms with Gasteiger partial charge in [-0.3, -0.25) is 0 Å². The van der Waals surface area contributed by atoms with Crippen LogP contribution in [0, 0.1) is 12.7 Å². The highest BCUT2D eigenvalue weighted by atomic mass is 19.1. The standard InChI is InChI=1S/C14H20FNO/c1-9-4-6-12(15)11(8-9)14(16-3)13-7-5-10(2)17-13/h4,6,8,10,13-14,16H,5,7H2,1-3H3. The van der Waals surface area contributed by atoms with Gasteiger partial charge < -0.3 is 10.1 Å². The van der Waals surface area contributed by atoms with Crippen molar-refractivity contribution in [3.8, 4) is 0 Å². The highest BCUT2D eigenvalue weighted by Crippen LogP contribution is 2.31. The van der Waals surface area contributed by atoms with E-state index in [2.05, 4.69) is 12.2 Å². The third-order valence-corrected chi connectivity index (χ3v) is 3.43. The quantitative estimate of drug-likeness (QED) is 0.872. The van der Waals surface area contributed by atoms with Gasteiger partial charge in [0, 0.05) is 5.56 Å². The molecule has 3 heteroatoms. The van der Waals surface area contributed by atoms with Crippen LogP contribution in [0.3, 0.4) is 0 Å². The molecule has 1 saturated heterocycles. The number of rotatable bonds is 3. The molecule has 1 aromatic carbocycles. The minimum absolute atomic E-state index is 0.0557. The number of ether oxygens (including phenoxy) is 1. The first kappa shape index (κ1) is 12.5. The zero-order chi connectivity index (χ0) is 12.4. The summed E-state index contributed by atoms with van der Waals surface area (Å²) in [5.41, 5.74) is 1.79. The molecule has 1 aliphatic rings. The van der Waals surface area contributed by atoms with Crippen LogP contribution in [0.25, 0.3) is 0 Å². The lowest BCUT2D eigenvalue weighted by Gasteiger charge is -2.24. The summed E-state index contributed by atoms with van der Waals surface area (Å²) >= 11 is 0. The summed E-state index contributed by atoms with van der Waals surface area (Å²) in [7, 11) is 1.86. The van der Waals surface area contributed by atoms with Crippen molar-refractivity contribution in [2.45, 2.75) is 44.9 Å². The number of likely N-dealkylation sites (N-methyl/N-ethyl adjacent to an activating group) is 1. The lowest BCUT2D eigenvalue weighted by molar-refractivity contribution is 0.0325. The number of hydrogen-bond acceptors (Lipinski definition) is 2. The van der Waals surface area contributed by atoms with Crippen molar-refractivity contribution in [2.24, 2.45) is 0 Å². The third-order valence-electron chi connectivity index (χ3n) is 3.43. The van der Waals surface area contributed by atoms with Gasteiger partial charge in [0.2, 0.25) is 0 Å². The van der Waals surface area contributed by atoms with Gasteiger partial charge in [0.15, 0.2) is 0 Å². The van der Waals surface area contributed by atoms with Crippen LogP contribution in [0.5, 0.6) is 0 Å². The van der Waals surface area contributed by atoms with Gasteiger partial charge >= 0.3 is 0 Å². The van der Waals surface area contributed by atoms with Crippen LogP contribution >= 0.6 is 0 Å². The summed E-state index contributed by atoms with van der Waals surface area (Å²) in [6.07, 6.45) is 2.39. The van der Waals surface area contributed by atoms with Gasteiger partial charge in [-0.05, 0) is 39.8 Å². The Hall–Kier alpha value is -0.930. The molecule has 2 nitrogen and oxygen atoms in total. The summed E-state index contributed by atoms with van der Waals surface area (Å²) in [6.45, 7) is 4.05. The molecule has 94 valence electrons. The average molecular weight is 237 g/mol. The Morgan fingerprint density at radius 2 is 2.18 bits per heavy atom. The monoisotopic (exact) mass is 237 g/mol. The van der Waals surface area contributed by atoms with Gasteiger partial charge in [-0.1, -0.05) is 17.7 Å². The second-order valence-corrected chi connectivity index (χ2v) is 4.85. The van der Waals surface area contributed by atoms with E-state index in [0.717, 1.165) is 18.4 Å². The first-order valence-corrected chi connectivity index (χ1v) is 6.20. The highest BCUT2D eigenvalue weighted by Gasteiger charge is 2.31. The topological polar surface area (TPSA) is 21.3 Å². The maximum absolute atomic E-state index is 13.9. The Bertz CT molecular complexity index is 394. The Labute approximate surface area is 102 Å². The van der Waals surface area contributed by atoms with E-state index in [4.69, 9.17) is 4.74 Å². The van der Waals surface area contributed by atoms with Gasteiger partial charge in [0.1, 0.15) is 5.82 Å². The van der Waals surface area contributed by atoms with Crippen LogP contribution in [-0.4, -0.2) is 19.3 Å². The number of halogens is 1.